The number of hydrogen-bond donors (Lipinski definition) is 1. The fraction of sp³-hybridized carbons (Fsp3) is 0.333. The predicted molar refractivity (Wildman–Crippen MR) is 80.5 cm³/mol. The number of piperidine rings is 1. The van der Waals surface area contributed by atoms with E-state index in [0.717, 1.165) is 36.2 Å². The molecule has 1 aliphatic rings. The summed E-state index contributed by atoms with van der Waals surface area (Å²) >= 11 is 0. The topological polar surface area (TPSA) is 12.0 Å². The zero-order valence-electron chi connectivity index (χ0n) is 12.1. The molecule has 2 atom stereocenters. The van der Waals surface area contributed by atoms with Crippen LogP contribution in [0.25, 0.3) is 0 Å². The molecule has 1 fully saturated rings. The van der Waals surface area contributed by atoms with Gasteiger partial charge in [0.05, 0.1) is 0 Å². The third kappa shape index (κ3) is 2.84. The Morgan fingerprint density at radius 1 is 1.00 bits per heavy atom. The quantitative estimate of drug-likeness (QED) is 0.875. The molecule has 2 unspecified atom stereocenters. The molecule has 3 heteroatoms. The lowest BCUT2D eigenvalue weighted by molar-refractivity contribution is 0.392. The van der Waals surface area contributed by atoms with Crippen molar-refractivity contribution >= 4 is 0 Å². The van der Waals surface area contributed by atoms with Gasteiger partial charge in [-0.05, 0) is 60.7 Å². The van der Waals surface area contributed by atoms with Gasteiger partial charge in [0.15, 0.2) is 0 Å². The highest BCUT2D eigenvalue weighted by Crippen LogP contribution is 2.39. The van der Waals surface area contributed by atoms with Crippen LogP contribution in [0.3, 0.4) is 0 Å². The van der Waals surface area contributed by atoms with Crippen LogP contribution in [0.15, 0.2) is 42.5 Å². The molecule has 0 spiro atoms. The highest BCUT2D eigenvalue weighted by atomic mass is 19.1. The van der Waals surface area contributed by atoms with E-state index in [2.05, 4.69) is 5.32 Å². The van der Waals surface area contributed by atoms with E-state index < -0.39 is 0 Å². The minimum atomic E-state index is -0.215. The summed E-state index contributed by atoms with van der Waals surface area (Å²) in [5.41, 5.74) is 2.83. The van der Waals surface area contributed by atoms with Crippen LogP contribution in [0.5, 0.6) is 0 Å². The van der Waals surface area contributed by atoms with Gasteiger partial charge in [-0.25, -0.2) is 8.78 Å². The predicted octanol–water partition coefficient (Wildman–Crippen LogP) is 4.13. The van der Waals surface area contributed by atoms with Gasteiger partial charge in [0.2, 0.25) is 0 Å². The number of rotatable bonds is 2. The first-order valence-corrected chi connectivity index (χ1v) is 7.38. The van der Waals surface area contributed by atoms with Gasteiger partial charge in [-0.1, -0.05) is 24.3 Å². The van der Waals surface area contributed by atoms with Crippen molar-refractivity contribution in [3.63, 3.8) is 0 Å². The second-order valence-electron chi connectivity index (χ2n) is 5.73. The van der Waals surface area contributed by atoms with E-state index in [1.807, 2.05) is 25.1 Å². The highest BCUT2D eigenvalue weighted by Gasteiger charge is 2.30. The average Bonchev–Trinajstić information content (AvgIpc) is 2.48. The van der Waals surface area contributed by atoms with Gasteiger partial charge >= 0.3 is 0 Å². The van der Waals surface area contributed by atoms with Crippen LogP contribution < -0.4 is 5.32 Å². The van der Waals surface area contributed by atoms with E-state index >= 15 is 0 Å². The summed E-state index contributed by atoms with van der Waals surface area (Å²) in [6.07, 6.45) is 0.936. The fourth-order valence-electron chi connectivity index (χ4n) is 3.39. The van der Waals surface area contributed by atoms with Crippen molar-refractivity contribution in [1.29, 1.82) is 0 Å². The maximum absolute atomic E-state index is 14.1. The Hall–Kier alpha value is -1.74. The Kier molecular flexibility index (Phi) is 4.02. The van der Waals surface area contributed by atoms with Crippen molar-refractivity contribution < 1.29 is 8.78 Å². The van der Waals surface area contributed by atoms with E-state index in [1.54, 1.807) is 12.1 Å². The largest absolute Gasteiger partial charge is 0.316 e. The summed E-state index contributed by atoms with van der Waals surface area (Å²) in [4.78, 5) is 0. The number of hydrogen-bond acceptors (Lipinski definition) is 1. The summed E-state index contributed by atoms with van der Waals surface area (Å²) in [5.74, 6) is -0.0588. The van der Waals surface area contributed by atoms with Crippen molar-refractivity contribution in [3.8, 4) is 0 Å². The standard InChI is InChI=1S/C18H19F2N/c1-12-10-13(19)6-7-14(12)15-8-9-21-11-17(15)16-4-2-3-5-18(16)20/h2-7,10,15,17,21H,8-9,11H2,1H3. The third-order valence-corrected chi connectivity index (χ3v) is 4.42. The molecule has 21 heavy (non-hydrogen) atoms. The maximum atomic E-state index is 14.1. The van der Waals surface area contributed by atoms with E-state index in [-0.39, 0.29) is 23.5 Å². The summed E-state index contributed by atoms with van der Waals surface area (Å²) in [5, 5.41) is 3.35. The average molecular weight is 287 g/mol. The van der Waals surface area contributed by atoms with E-state index in [9.17, 15) is 8.78 Å². The Bertz CT molecular complexity index is 639. The Labute approximate surface area is 124 Å². The molecule has 1 saturated heterocycles. The fourth-order valence-corrected chi connectivity index (χ4v) is 3.39. The molecule has 2 aromatic carbocycles. The minimum Gasteiger partial charge on any atom is -0.316 e. The molecule has 0 bridgehead atoms. The zero-order chi connectivity index (χ0) is 14.8. The SMILES string of the molecule is Cc1cc(F)ccc1C1CCNCC1c1ccccc1F. The number of aryl methyl sites for hydroxylation is 1. The van der Waals surface area contributed by atoms with Crippen molar-refractivity contribution in [3.05, 3.63) is 70.8 Å². The van der Waals surface area contributed by atoms with E-state index in [4.69, 9.17) is 0 Å². The molecule has 0 saturated carbocycles. The molecule has 0 aliphatic carbocycles. The van der Waals surface area contributed by atoms with Crippen LogP contribution >= 0.6 is 0 Å². The normalized spacial score (nSPS) is 22.2. The van der Waals surface area contributed by atoms with Gasteiger partial charge in [0.1, 0.15) is 11.6 Å². The number of benzene rings is 2. The first-order chi connectivity index (χ1) is 10.2. The Morgan fingerprint density at radius 3 is 2.57 bits per heavy atom. The lowest BCUT2D eigenvalue weighted by Crippen LogP contribution is -2.34. The second kappa shape index (κ2) is 5.94. The van der Waals surface area contributed by atoms with Crippen LogP contribution in [0, 0.1) is 18.6 Å². The molecule has 1 heterocycles. The van der Waals surface area contributed by atoms with Gasteiger partial charge in [0, 0.05) is 12.5 Å². The van der Waals surface area contributed by atoms with Crippen LogP contribution in [0.1, 0.15) is 34.9 Å². The second-order valence-corrected chi connectivity index (χ2v) is 5.73. The van der Waals surface area contributed by atoms with Crippen LogP contribution in [0.2, 0.25) is 0 Å². The first kappa shape index (κ1) is 14.2. The summed E-state index contributed by atoms with van der Waals surface area (Å²) in [7, 11) is 0. The Balaban J connectivity index is 2.00. The van der Waals surface area contributed by atoms with Gasteiger partial charge in [-0.15, -0.1) is 0 Å². The number of nitrogens with one attached hydrogen (secondary N) is 1. The van der Waals surface area contributed by atoms with Crippen LogP contribution in [0.4, 0.5) is 8.78 Å². The first-order valence-electron chi connectivity index (χ1n) is 7.38. The molecule has 1 aliphatic heterocycles. The lowest BCUT2D eigenvalue weighted by atomic mass is 9.76. The van der Waals surface area contributed by atoms with Gasteiger partial charge in [0.25, 0.3) is 0 Å². The van der Waals surface area contributed by atoms with Gasteiger partial charge < -0.3 is 5.32 Å². The third-order valence-electron chi connectivity index (χ3n) is 4.42. The molecule has 110 valence electrons. The van der Waals surface area contributed by atoms with Crippen molar-refractivity contribution in [2.24, 2.45) is 0 Å². The summed E-state index contributed by atoms with van der Waals surface area (Å²) < 4.78 is 27.5. The summed E-state index contributed by atoms with van der Waals surface area (Å²) in [6.45, 7) is 3.59. The summed E-state index contributed by atoms with van der Waals surface area (Å²) in [6, 6.07) is 11.9. The lowest BCUT2D eigenvalue weighted by Gasteiger charge is -2.34. The molecule has 0 amide bonds. The highest BCUT2D eigenvalue weighted by molar-refractivity contribution is 5.35. The van der Waals surface area contributed by atoms with Crippen molar-refractivity contribution in [1.82, 2.24) is 5.32 Å². The van der Waals surface area contributed by atoms with E-state index in [0.29, 0.717) is 0 Å². The monoisotopic (exact) mass is 287 g/mol. The van der Waals surface area contributed by atoms with Crippen LogP contribution in [-0.2, 0) is 0 Å². The van der Waals surface area contributed by atoms with Crippen molar-refractivity contribution in [2.75, 3.05) is 13.1 Å². The minimum absolute atomic E-state index is 0.0871. The molecule has 0 radical (unpaired) electrons. The molecular formula is C18H19F2N. The van der Waals surface area contributed by atoms with E-state index in [1.165, 1.54) is 12.1 Å². The zero-order valence-corrected chi connectivity index (χ0v) is 12.1. The molecular weight excluding hydrogens is 268 g/mol. The van der Waals surface area contributed by atoms with Gasteiger partial charge in [-0.2, -0.15) is 0 Å². The maximum Gasteiger partial charge on any atom is 0.126 e. The van der Waals surface area contributed by atoms with Crippen molar-refractivity contribution in [2.45, 2.75) is 25.2 Å². The smallest absolute Gasteiger partial charge is 0.126 e. The Morgan fingerprint density at radius 2 is 1.81 bits per heavy atom. The number of halogens is 2. The molecule has 1 N–H and O–H groups in total. The molecule has 2 aromatic rings. The molecule has 3 rings (SSSR count). The van der Waals surface area contributed by atoms with Gasteiger partial charge in [-0.3, -0.25) is 0 Å². The molecule has 0 aromatic heterocycles. The molecule has 1 nitrogen and oxygen atoms in total. The van der Waals surface area contributed by atoms with Crippen LogP contribution in [-0.4, -0.2) is 13.1 Å².